The predicted octanol–water partition coefficient (Wildman–Crippen LogP) is 2.89. The maximum absolute atomic E-state index is 8.81. The third-order valence-electron chi connectivity index (χ3n) is 1.94. The third kappa shape index (κ3) is 2.50. The van der Waals surface area contributed by atoms with Gasteiger partial charge in [-0.1, -0.05) is 6.92 Å². The lowest BCUT2D eigenvalue weighted by molar-refractivity contribution is 0.339. The zero-order chi connectivity index (χ0) is 10.6. The van der Waals surface area contributed by atoms with Crippen LogP contribution in [0.5, 0.6) is 5.75 Å². The van der Waals surface area contributed by atoms with Crippen molar-refractivity contribution < 1.29 is 4.74 Å². The molecule has 0 saturated heterocycles. The second-order valence-electron chi connectivity index (χ2n) is 3.24. The molecule has 1 aromatic carbocycles. The minimum atomic E-state index is 0.169. The summed E-state index contributed by atoms with van der Waals surface area (Å²) in [4.78, 5) is 0. The fraction of sp³-hybridized carbons (Fsp3) is 0.333. The van der Waals surface area contributed by atoms with Gasteiger partial charge in [0.1, 0.15) is 5.75 Å². The molecule has 2 heteroatoms. The van der Waals surface area contributed by atoms with E-state index in [9.17, 15) is 0 Å². The Kier molecular flexibility index (Phi) is 3.53. The Morgan fingerprint density at radius 3 is 2.71 bits per heavy atom. The van der Waals surface area contributed by atoms with Crippen LogP contribution < -0.4 is 4.74 Å². The van der Waals surface area contributed by atoms with E-state index < -0.39 is 0 Å². The van der Waals surface area contributed by atoms with Gasteiger partial charge >= 0.3 is 0 Å². The van der Waals surface area contributed by atoms with Crippen molar-refractivity contribution in [2.75, 3.05) is 6.61 Å². The van der Waals surface area contributed by atoms with E-state index in [0.29, 0.717) is 12.2 Å². The highest BCUT2D eigenvalue weighted by atomic mass is 16.5. The molecule has 0 N–H and O–H groups in total. The molecule has 1 aromatic rings. The maximum atomic E-state index is 8.81. The molecule has 14 heavy (non-hydrogen) atoms. The molecule has 1 atom stereocenters. The summed E-state index contributed by atoms with van der Waals surface area (Å²) in [6, 6.07) is 7.64. The summed E-state index contributed by atoms with van der Waals surface area (Å²) in [6.07, 6.45) is 0. The molecule has 0 bridgehead atoms. The molecule has 0 aromatic heterocycles. The van der Waals surface area contributed by atoms with Gasteiger partial charge in [-0.3, -0.25) is 0 Å². The van der Waals surface area contributed by atoms with Crippen LogP contribution in [-0.2, 0) is 0 Å². The van der Waals surface area contributed by atoms with Crippen molar-refractivity contribution in [3.8, 4) is 11.8 Å². The maximum Gasteiger partial charge on any atom is 0.120 e. The first-order chi connectivity index (χ1) is 6.67. The van der Waals surface area contributed by atoms with Gasteiger partial charge in [0.2, 0.25) is 0 Å². The van der Waals surface area contributed by atoms with E-state index in [2.05, 4.69) is 13.0 Å². The normalized spacial score (nSPS) is 9.93. The lowest BCUT2D eigenvalue weighted by atomic mass is 10.0. The molecule has 0 aliphatic heterocycles. The Labute approximate surface area is 85.1 Å². The van der Waals surface area contributed by atoms with Gasteiger partial charge in [0.25, 0.3) is 0 Å². The zero-order valence-corrected chi connectivity index (χ0v) is 8.58. The number of rotatable bonds is 3. The molecule has 0 heterocycles. The van der Waals surface area contributed by atoms with Crippen LogP contribution >= 0.6 is 0 Å². The van der Waals surface area contributed by atoms with Crippen molar-refractivity contribution in [2.45, 2.75) is 19.8 Å². The van der Waals surface area contributed by atoms with Gasteiger partial charge in [-0.15, -0.1) is 0 Å². The van der Waals surface area contributed by atoms with E-state index in [1.807, 2.05) is 26.0 Å². The van der Waals surface area contributed by atoms with E-state index in [0.717, 1.165) is 11.3 Å². The number of ether oxygens (including phenoxy) is 1. The van der Waals surface area contributed by atoms with E-state index in [-0.39, 0.29) is 5.92 Å². The van der Waals surface area contributed by atoms with Crippen LogP contribution in [0.2, 0.25) is 0 Å². The van der Waals surface area contributed by atoms with E-state index in [1.54, 1.807) is 6.07 Å². The summed E-state index contributed by atoms with van der Waals surface area (Å²) >= 11 is 0. The quantitative estimate of drug-likeness (QED) is 0.730. The summed E-state index contributed by atoms with van der Waals surface area (Å²) in [6.45, 7) is 8.45. The first-order valence-electron chi connectivity index (χ1n) is 4.68. The fourth-order valence-corrected chi connectivity index (χ4v) is 1.22. The largest absolute Gasteiger partial charge is 0.494 e. The number of hydrogen-bond acceptors (Lipinski definition) is 2. The highest BCUT2D eigenvalue weighted by molar-refractivity contribution is 5.42. The van der Waals surface area contributed by atoms with Gasteiger partial charge in [0.05, 0.1) is 18.2 Å². The molecule has 0 aliphatic carbocycles. The van der Waals surface area contributed by atoms with Crippen LogP contribution in [0.3, 0.4) is 0 Å². The molecule has 0 saturated carbocycles. The van der Waals surface area contributed by atoms with Gasteiger partial charge < -0.3 is 4.74 Å². The van der Waals surface area contributed by atoms with Crippen LogP contribution in [0.4, 0.5) is 0 Å². The number of nitrogens with zero attached hydrogens (tertiary/aromatic N) is 1. The monoisotopic (exact) mass is 188 g/mol. The SMILES string of the molecule is [CH2]C(C)c1cc(C#N)cc(OCC)c1. The lowest BCUT2D eigenvalue weighted by Gasteiger charge is -2.09. The average molecular weight is 188 g/mol. The molecule has 2 nitrogen and oxygen atoms in total. The molecule has 0 spiro atoms. The summed E-state index contributed by atoms with van der Waals surface area (Å²) < 4.78 is 5.36. The summed E-state index contributed by atoms with van der Waals surface area (Å²) in [7, 11) is 0. The van der Waals surface area contributed by atoms with Crippen LogP contribution in [0.1, 0.15) is 30.9 Å². The van der Waals surface area contributed by atoms with Gasteiger partial charge in [-0.2, -0.15) is 5.26 Å². The van der Waals surface area contributed by atoms with Gasteiger partial charge in [0.15, 0.2) is 0 Å². The van der Waals surface area contributed by atoms with Crippen molar-refractivity contribution in [3.05, 3.63) is 36.2 Å². The molecule has 73 valence electrons. The average Bonchev–Trinajstić information content (AvgIpc) is 2.17. The first-order valence-corrected chi connectivity index (χ1v) is 4.68. The Bertz CT molecular complexity index is 350. The number of benzene rings is 1. The minimum absolute atomic E-state index is 0.169. The molecule has 0 fully saturated rings. The zero-order valence-electron chi connectivity index (χ0n) is 8.58. The van der Waals surface area contributed by atoms with Crippen molar-refractivity contribution >= 4 is 0 Å². The van der Waals surface area contributed by atoms with E-state index in [4.69, 9.17) is 10.00 Å². The summed E-state index contributed by atoms with van der Waals surface area (Å²) in [5.74, 6) is 0.916. The predicted molar refractivity (Wildman–Crippen MR) is 56.1 cm³/mol. The van der Waals surface area contributed by atoms with Crippen LogP contribution in [0, 0.1) is 18.3 Å². The minimum Gasteiger partial charge on any atom is -0.494 e. The Hall–Kier alpha value is -1.49. The Balaban J connectivity index is 3.08. The first kappa shape index (κ1) is 10.6. The van der Waals surface area contributed by atoms with Gasteiger partial charge in [-0.05, 0) is 43.5 Å². The highest BCUT2D eigenvalue weighted by Gasteiger charge is 2.04. The fourth-order valence-electron chi connectivity index (χ4n) is 1.22. The van der Waals surface area contributed by atoms with Gasteiger partial charge in [0, 0.05) is 0 Å². The molecule has 0 amide bonds. The summed E-state index contributed by atoms with van der Waals surface area (Å²) in [5.41, 5.74) is 1.66. The van der Waals surface area contributed by atoms with E-state index >= 15 is 0 Å². The molecule has 1 rings (SSSR count). The topological polar surface area (TPSA) is 33.0 Å². The number of hydrogen-bond donors (Lipinski definition) is 0. The molecule has 1 unspecified atom stereocenters. The van der Waals surface area contributed by atoms with Crippen molar-refractivity contribution in [1.29, 1.82) is 5.26 Å². The standard InChI is InChI=1S/C12H14NO/c1-4-14-12-6-10(8-13)5-11(7-12)9(2)3/h5-7,9H,2,4H2,1,3H3. The number of nitriles is 1. The summed E-state index contributed by atoms with van der Waals surface area (Å²) in [5, 5.41) is 8.81. The van der Waals surface area contributed by atoms with Crippen LogP contribution in [0.15, 0.2) is 18.2 Å². The van der Waals surface area contributed by atoms with Crippen LogP contribution in [-0.4, -0.2) is 6.61 Å². The molecule has 0 aliphatic rings. The van der Waals surface area contributed by atoms with Crippen molar-refractivity contribution in [2.24, 2.45) is 0 Å². The van der Waals surface area contributed by atoms with Crippen molar-refractivity contribution in [1.82, 2.24) is 0 Å². The smallest absolute Gasteiger partial charge is 0.120 e. The molecular formula is C12H14NO. The second kappa shape index (κ2) is 4.66. The van der Waals surface area contributed by atoms with Gasteiger partial charge in [-0.25, -0.2) is 0 Å². The highest BCUT2D eigenvalue weighted by Crippen LogP contribution is 2.22. The Morgan fingerprint density at radius 2 is 2.21 bits per heavy atom. The lowest BCUT2D eigenvalue weighted by Crippen LogP contribution is -1.95. The Morgan fingerprint density at radius 1 is 1.50 bits per heavy atom. The third-order valence-corrected chi connectivity index (χ3v) is 1.94. The van der Waals surface area contributed by atoms with Crippen LogP contribution in [0.25, 0.3) is 0 Å². The molecule has 1 radical (unpaired) electrons. The molecular weight excluding hydrogens is 174 g/mol. The second-order valence-corrected chi connectivity index (χ2v) is 3.24. The van der Waals surface area contributed by atoms with Crippen molar-refractivity contribution in [3.63, 3.8) is 0 Å². The van der Waals surface area contributed by atoms with E-state index in [1.165, 1.54) is 0 Å².